The first-order valence-corrected chi connectivity index (χ1v) is 8.61. The van der Waals surface area contributed by atoms with Crippen molar-refractivity contribution in [2.24, 2.45) is 0 Å². The first-order valence-electron chi connectivity index (χ1n) is 5.62. The lowest BCUT2D eigenvalue weighted by atomic mass is 10.1. The molecular weight excluding hydrogens is 373 g/mol. The van der Waals surface area contributed by atoms with Gasteiger partial charge in [-0.1, -0.05) is 50.8 Å². The molecule has 19 heavy (non-hydrogen) atoms. The van der Waals surface area contributed by atoms with E-state index < -0.39 is 10.0 Å². The third kappa shape index (κ3) is 3.16. The molecule has 0 saturated heterocycles. The monoisotopic (exact) mass is 383 g/mol. The summed E-state index contributed by atoms with van der Waals surface area (Å²) in [7, 11) is -3.66. The average molecular weight is 385 g/mol. The van der Waals surface area contributed by atoms with E-state index in [9.17, 15) is 8.42 Å². The molecule has 0 amide bonds. The van der Waals surface area contributed by atoms with E-state index in [4.69, 9.17) is 23.2 Å². The van der Waals surface area contributed by atoms with Crippen LogP contribution in [0.5, 0.6) is 0 Å². The molecule has 0 radical (unpaired) electrons. The Balaban J connectivity index is 2.46. The first kappa shape index (κ1) is 15.3. The molecule has 0 fully saturated rings. The number of benzene rings is 1. The minimum atomic E-state index is -3.66. The van der Waals surface area contributed by atoms with Crippen molar-refractivity contribution in [3.63, 3.8) is 0 Å². The van der Waals surface area contributed by atoms with Crippen molar-refractivity contribution in [2.75, 3.05) is 13.1 Å². The van der Waals surface area contributed by atoms with Crippen LogP contribution >= 0.6 is 39.1 Å². The fourth-order valence-electron chi connectivity index (χ4n) is 1.87. The predicted molar refractivity (Wildman–Crippen MR) is 81.3 cm³/mol. The van der Waals surface area contributed by atoms with Gasteiger partial charge in [-0.05, 0) is 25.5 Å². The number of rotatable bonds is 2. The van der Waals surface area contributed by atoms with E-state index in [1.54, 1.807) is 0 Å². The Morgan fingerprint density at radius 3 is 2.32 bits per heavy atom. The van der Waals surface area contributed by atoms with Crippen molar-refractivity contribution < 1.29 is 8.42 Å². The average Bonchev–Trinajstić information content (AvgIpc) is 2.27. The number of hydrogen-bond donors (Lipinski definition) is 0. The quantitative estimate of drug-likeness (QED) is 0.720. The molecule has 1 aliphatic rings. The van der Waals surface area contributed by atoms with Gasteiger partial charge in [0.2, 0.25) is 10.0 Å². The van der Waals surface area contributed by atoms with Crippen LogP contribution < -0.4 is 0 Å². The number of halogens is 3. The van der Waals surface area contributed by atoms with Crippen LogP contribution in [0.15, 0.2) is 33.2 Å². The summed E-state index contributed by atoms with van der Waals surface area (Å²) in [6, 6.07) is 3.07. The van der Waals surface area contributed by atoms with Crippen molar-refractivity contribution in [2.45, 2.75) is 18.2 Å². The summed E-state index contributed by atoms with van der Waals surface area (Å²) in [5, 5.41) is 0.260. The molecule has 0 atom stereocenters. The molecule has 104 valence electrons. The summed E-state index contributed by atoms with van der Waals surface area (Å²) in [5.41, 5.74) is 1.19. The first-order chi connectivity index (χ1) is 8.82. The highest BCUT2D eigenvalue weighted by atomic mass is 79.9. The maximum absolute atomic E-state index is 12.6. The lowest BCUT2D eigenvalue weighted by Gasteiger charge is -2.25. The Labute approximate surface area is 131 Å². The largest absolute Gasteiger partial charge is 0.246 e. The Kier molecular flexibility index (Phi) is 4.63. The third-order valence-corrected chi connectivity index (χ3v) is 6.21. The van der Waals surface area contributed by atoms with Crippen LogP contribution in [0.4, 0.5) is 0 Å². The molecule has 0 unspecified atom stereocenters. The van der Waals surface area contributed by atoms with Crippen molar-refractivity contribution in [1.29, 1.82) is 0 Å². The van der Waals surface area contributed by atoms with Gasteiger partial charge in [-0.3, -0.25) is 0 Å². The van der Waals surface area contributed by atoms with Gasteiger partial charge in [0.05, 0.1) is 10.0 Å². The third-order valence-electron chi connectivity index (χ3n) is 2.96. The number of nitrogens with zero attached hydrogens (tertiary/aromatic N) is 1. The molecule has 1 aromatic carbocycles. The van der Waals surface area contributed by atoms with Gasteiger partial charge in [-0.2, -0.15) is 4.31 Å². The molecule has 2 rings (SSSR count). The van der Waals surface area contributed by atoms with Gasteiger partial charge < -0.3 is 0 Å². The Bertz CT molecular complexity index is 620. The van der Waals surface area contributed by atoms with Crippen LogP contribution in [-0.4, -0.2) is 25.8 Å². The molecule has 0 bridgehead atoms. The van der Waals surface area contributed by atoms with Crippen molar-refractivity contribution in [1.82, 2.24) is 4.31 Å². The predicted octanol–water partition coefficient (Wildman–Crippen LogP) is 4.10. The lowest BCUT2D eigenvalue weighted by molar-refractivity contribution is 0.431. The van der Waals surface area contributed by atoms with E-state index in [1.165, 1.54) is 22.0 Å². The van der Waals surface area contributed by atoms with Crippen LogP contribution in [0, 0.1) is 0 Å². The van der Waals surface area contributed by atoms with Gasteiger partial charge in [-0.15, -0.1) is 0 Å². The zero-order valence-corrected chi connectivity index (χ0v) is 14.1. The van der Waals surface area contributed by atoms with Crippen LogP contribution in [0.2, 0.25) is 10.0 Å². The molecule has 0 N–H and O–H groups in total. The molecule has 1 aliphatic heterocycles. The second-order valence-electron chi connectivity index (χ2n) is 4.36. The van der Waals surface area contributed by atoms with E-state index in [1.807, 2.05) is 13.0 Å². The molecule has 0 spiro atoms. The van der Waals surface area contributed by atoms with Gasteiger partial charge in [0.15, 0.2) is 0 Å². The standard InChI is InChI=1S/C12H12BrCl2NO2S/c1-8-2-4-16(5-3-8)19(17,18)12-10(14)6-9(13)7-11(12)15/h2,6-7H,3-5H2,1H3. The maximum Gasteiger partial charge on any atom is 0.246 e. The van der Waals surface area contributed by atoms with Gasteiger partial charge >= 0.3 is 0 Å². The number of sulfonamides is 1. The molecule has 0 saturated carbocycles. The summed E-state index contributed by atoms with van der Waals surface area (Å²) in [4.78, 5) is -0.0213. The van der Waals surface area contributed by atoms with Crippen molar-refractivity contribution in [3.05, 3.63) is 38.3 Å². The van der Waals surface area contributed by atoms with E-state index in [0.29, 0.717) is 17.6 Å². The fraction of sp³-hybridized carbons (Fsp3) is 0.333. The molecule has 0 aromatic heterocycles. The smallest absolute Gasteiger partial charge is 0.207 e. The highest BCUT2D eigenvalue weighted by Gasteiger charge is 2.30. The minimum absolute atomic E-state index is 0.0213. The van der Waals surface area contributed by atoms with Gasteiger partial charge in [0, 0.05) is 17.6 Å². The van der Waals surface area contributed by atoms with E-state index in [0.717, 1.165) is 6.42 Å². The summed E-state index contributed by atoms with van der Waals surface area (Å²) in [5.74, 6) is 0. The normalized spacial score (nSPS) is 17.4. The highest BCUT2D eigenvalue weighted by Crippen LogP contribution is 2.35. The van der Waals surface area contributed by atoms with Crippen molar-refractivity contribution in [3.8, 4) is 0 Å². The van der Waals surface area contributed by atoms with Crippen LogP contribution in [-0.2, 0) is 10.0 Å². The Morgan fingerprint density at radius 2 is 1.84 bits per heavy atom. The van der Waals surface area contributed by atoms with E-state index in [-0.39, 0.29) is 14.9 Å². The number of hydrogen-bond acceptors (Lipinski definition) is 2. The molecule has 1 heterocycles. The summed E-state index contributed by atoms with van der Waals surface area (Å²) >= 11 is 15.3. The van der Waals surface area contributed by atoms with Gasteiger partial charge in [0.1, 0.15) is 4.90 Å². The van der Waals surface area contributed by atoms with E-state index in [2.05, 4.69) is 15.9 Å². The summed E-state index contributed by atoms with van der Waals surface area (Å²) in [6.45, 7) is 2.80. The van der Waals surface area contributed by atoms with Crippen LogP contribution in [0.1, 0.15) is 13.3 Å². The summed E-state index contributed by atoms with van der Waals surface area (Å²) < 4.78 is 27.2. The maximum atomic E-state index is 12.6. The highest BCUT2D eigenvalue weighted by molar-refractivity contribution is 9.10. The van der Waals surface area contributed by atoms with E-state index >= 15 is 0 Å². The molecular formula is C12H12BrCl2NO2S. The molecule has 7 heteroatoms. The second-order valence-corrected chi connectivity index (χ2v) is 7.97. The van der Waals surface area contributed by atoms with Crippen molar-refractivity contribution >= 4 is 49.2 Å². The minimum Gasteiger partial charge on any atom is -0.207 e. The fourth-order valence-corrected chi connectivity index (χ4v) is 5.14. The van der Waals surface area contributed by atoms with Gasteiger partial charge in [0.25, 0.3) is 0 Å². The SMILES string of the molecule is CC1=CCN(S(=O)(=O)c2c(Cl)cc(Br)cc2Cl)CC1. The lowest BCUT2D eigenvalue weighted by Crippen LogP contribution is -2.35. The molecule has 1 aromatic rings. The van der Waals surface area contributed by atoms with Gasteiger partial charge in [-0.25, -0.2) is 8.42 Å². The zero-order chi connectivity index (χ0) is 14.2. The topological polar surface area (TPSA) is 37.4 Å². The Hall–Kier alpha value is -0.0700. The van der Waals surface area contributed by atoms with Crippen LogP contribution in [0.3, 0.4) is 0 Å². The Morgan fingerprint density at radius 1 is 1.26 bits per heavy atom. The zero-order valence-electron chi connectivity index (χ0n) is 10.2. The summed E-state index contributed by atoms with van der Waals surface area (Å²) in [6.07, 6.45) is 2.63. The van der Waals surface area contributed by atoms with Crippen LogP contribution in [0.25, 0.3) is 0 Å². The molecule has 0 aliphatic carbocycles. The molecule has 3 nitrogen and oxygen atoms in total. The second kappa shape index (κ2) is 5.74.